The summed E-state index contributed by atoms with van der Waals surface area (Å²) >= 11 is 0. The first-order valence-corrected chi connectivity index (χ1v) is 21.6. The van der Waals surface area contributed by atoms with Gasteiger partial charge in [0.05, 0.1) is 29.9 Å². The molecule has 0 saturated carbocycles. The van der Waals surface area contributed by atoms with Gasteiger partial charge < -0.3 is 8.98 Å². The molecule has 12 aromatic rings. The molecule has 306 valence electrons. The van der Waals surface area contributed by atoms with Crippen LogP contribution in [-0.4, -0.2) is 19.5 Å². The number of aromatic nitrogens is 4. The molecule has 0 bridgehead atoms. The third kappa shape index (κ3) is 6.47. The second kappa shape index (κ2) is 15.7. The van der Waals surface area contributed by atoms with Gasteiger partial charge in [-0.1, -0.05) is 152 Å². The number of benzene rings is 9. The lowest BCUT2D eigenvalue weighted by Gasteiger charge is -2.17. The van der Waals surface area contributed by atoms with E-state index in [1.807, 2.05) is 133 Å². The number of nitrogens with zero attached hydrogens (tertiary/aromatic N) is 6. The van der Waals surface area contributed by atoms with E-state index in [0.29, 0.717) is 28.8 Å². The van der Waals surface area contributed by atoms with Gasteiger partial charge in [-0.15, -0.1) is 0 Å². The monoisotopic (exact) mass is 842 g/mol. The summed E-state index contributed by atoms with van der Waals surface area (Å²) in [6.45, 7) is 15.9. The van der Waals surface area contributed by atoms with E-state index < -0.39 is 0 Å². The molecule has 0 atom stereocenters. The quantitative estimate of drug-likeness (QED) is 0.150. The molecule has 0 amide bonds. The maximum atomic E-state index is 7.97. The molecule has 9 aromatic carbocycles. The number of para-hydroxylation sites is 3. The standard InChI is InChI=1S/C59H34N6O/c1-60-50-22-12-9-19-43(50)41-26-30-52-46(35-41)47-36-42(44-20-10-13-23-51(44)61-2)27-31-53(47)65(52)54-29-25-39(40-28-32-56-48(33-40)45-21-11-14-24-55(45)66-56)34-49(54)59-63-57(37-15-5-3-6-16-37)62-58(64-59)38-17-7-4-8-18-38/h3-36H. The van der Waals surface area contributed by atoms with Crippen molar-refractivity contribution in [3.05, 3.63) is 229 Å². The summed E-state index contributed by atoms with van der Waals surface area (Å²) in [6.07, 6.45) is 0. The third-order valence-corrected chi connectivity index (χ3v) is 12.3. The van der Waals surface area contributed by atoms with Crippen molar-refractivity contribution in [3.63, 3.8) is 0 Å². The maximum absolute atomic E-state index is 7.97. The fraction of sp³-hybridized carbons (Fsp3) is 0. The highest BCUT2D eigenvalue weighted by Crippen LogP contribution is 2.43. The largest absolute Gasteiger partial charge is 0.456 e. The molecule has 0 radical (unpaired) electrons. The van der Waals surface area contributed by atoms with Gasteiger partial charge in [0.15, 0.2) is 28.8 Å². The van der Waals surface area contributed by atoms with Crippen LogP contribution >= 0.6 is 0 Å². The molecule has 0 aliphatic carbocycles. The van der Waals surface area contributed by atoms with Crippen molar-refractivity contribution in [1.82, 2.24) is 19.5 Å². The molecule has 66 heavy (non-hydrogen) atoms. The Morgan fingerprint density at radius 3 is 1.42 bits per heavy atom. The van der Waals surface area contributed by atoms with Crippen LogP contribution in [0.15, 0.2) is 211 Å². The average Bonchev–Trinajstić information content (AvgIpc) is 3.93. The van der Waals surface area contributed by atoms with Crippen LogP contribution < -0.4 is 0 Å². The number of hydrogen-bond donors (Lipinski definition) is 0. The number of hydrogen-bond acceptors (Lipinski definition) is 4. The molecule has 0 aliphatic heterocycles. The van der Waals surface area contributed by atoms with Crippen LogP contribution in [-0.2, 0) is 0 Å². The van der Waals surface area contributed by atoms with Gasteiger partial charge >= 0.3 is 0 Å². The van der Waals surface area contributed by atoms with Crippen LogP contribution in [0.2, 0.25) is 0 Å². The predicted molar refractivity (Wildman–Crippen MR) is 267 cm³/mol. The molecular weight excluding hydrogens is 809 g/mol. The van der Waals surface area contributed by atoms with Crippen molar-refractivity contribution in [2.45, 2.75) is 0 Å². The second-order valence-electron chi connectivity index (χ2n) is 16.1. The molecule has 0 spiro atoms. The molecule has 0 N–H and O–H groups in total. The van der Waals surface area contributed by atoms with Gasteiger partial charge in [0.2, 0.25) is 0 Å². The Bertz CT molecular complexity index is 3790. The summed E-state index contributed by atoms with van der Waals surface area (Å²) < 4.78 is 8.53. The third-order valence-electron chi connectivity index (χ3n) is 12.3. The summed E-state index contributed by atoms with van der Waals surface area (Å²) in [4.78, 5) is 23.4. The van der Waals surface area contributed by atoms with E-state index in [1.165, 1.54) is 0 Å². The van der Waals surface area contributed by atoms with Crippen LogP contribution in [0.5, 0.6) is 0 Å². The van der Waals surface area contributed by atoms with Crippen LogP contribution in [0.4, 0.5) is 11.4 Å². The zero-order chi connectivity index (χ0) is 44.1. The Morgan fingerprint density at radius 1 is 0.348 bits per heavy atom. The Morgan fingerprint density at radius 2 is 0.818 bits per heavy atom. The molecule has 7 nitrogen and oxygen atoms in total. The molecule has 0 aliphatic rings. The summed E-state index contributed by atoms with van der Waals surface area (Å²) in [7, 11) is 0. The topological polar surface area (TPSA) is 65.5 Å². The molecule has 7 heteroatoms. The first kappa shape index (κ1) is 38.3. The number of furan rings is 1. The Kier molecular flexibility index (Phi) is 9.12. The van der Waals surface area contributed by atoms with E-state index >= 15 is 0 Å². The van der Waals surface area contributed by atoms with Crippen molar-refractivity contribution >= 4 is 55.1 Å². The first-order chi connectivity index (χ1) is 32.6. The zero-order valence-corrected chi connectivity index (χ0v) is 35.2. The van der Waals surface area contributed by atoms with Gasteiger partial charge in [-0.3, -0.25) is 0 Å². The maximum Gasteiger partial charge on any atom is 0.194 e. The van der Waals surface area contributed by atoms with Crippen molar-refractivity contribution in [2.75, 3.05) is 0 Å². The Hall–Kier alpha value is -9.43. The van der Waals surface area contributed by atoms with Gasteiger partial charge in [0, 0.05) is 38.2 Å². The molecular formula is C59H34N6O. The fourth-order valence-corrected chi connectivity index (χ4v) is 9.17. The van der Waals surface area contributed by atoms with E-state index in [2.05, 4.69) is 87.1 Å². The molecule has 0 saturated heterocycles. The minimum absolute atomic E-state index is 0.523. The smallest absolute Gasteiger partial charge is 0.194 e. The van der Waals surface area contributed by atoms with Gasteiger partial charge in [-0.2, -0.15) is 0 Å². The summed E-state index contributed by atoms with van der Waals surface area (Å²) in [5.41, 5.74) is 13.8. The van der Waals surface area contributed by atoms with Gasteiger partial charge in [0.25, 0.3) is 0 Å². The first-order valence-electron chi connectivity index (χ1n) is 21.6. The van der Waals surface area contributed by atoms with E-state index in [9.17, 15) is 0 Å². The predicted octanol–water partition coefficient (Wildman–Crippen LogP) is 16.0. The van der Waals surface area contributed by atoms with Crippen molar-refractivity contribution < 1.29 is 4.42 Å². The minimum Gasteiger partial charge on any atom is -0.456 e. The lowest BCUT2D eigenvalue weighted by Crippen LogP contribution is -2.04. The zero-order valence-electron chi connectivity index (χ0n) is 35.2. The van der Waals surface area contributed by atoms with Crippen LogP contribution in [0.3, 0.4) is 0 Å². The van der Waals surface area contributed by atoms with E-state index in [4.69, 9.17) is 32.5 Å². The molecule has 0 fully saturated rings. The summed E-state index contributed by atoms with van der Waals surface area (Å²) in [6, 6.07) is 69.4. The number of rotatable bonds is 7. The fourth-order valence-electron chi connectivity index (χ4n) is 9.17. The number of fused-ring (bicyclic) bond motifs is 6. The van der Waals surface area contributed by atoms with Gasteiger partial charge in [-0.05, 0) is 88.0 Å². The molecule has 3 heterocycles. The molecule has 3 aromatic heterocycles. The SMILES string of the molecule is [C-]#[N+]c1ccccc1-c1ccc2c(c1)c1cc(-c3ccccc3[N+]#[C-])ccc1n2-c1ccc(-c2ccc3oc4ccccc4c3c2)cc1-c1nc(-c2ccccc2)nc(-c2ccccc2)n1. The van der Waals surface area contributed by atoms with Crippen molar-refractivity contribution in [1.29, 1.82) is 0 Å². The average molecular weight is 843 g/mol. The Balaban J connectivity index is 1.16. The highest BCUT2D eigenvalue weighted by Gasteiger charge is 2.22. The van der Waals surface area contributed by atoms with Crippen molar-refractivity contribution in [3.8, 4) is 73.2 Å². The van der Waals surface area contributed by atoms with Crippen LogP contribution in [0, 0.1) is 13.1 Å². The van der Waals surface area contributed by atoms with E-state index in [-0.39, 0.29) is 0 Å². The van der Waals surface area contributed by atoms with E-state index in [0.717, 1.165) is 99.5 Å². The van der Waals surface area contributed by atoms with Gasteiger partial charge in [-0.25, -0.2) is 24.6 Å². The second-order valence-corrected chi connectivity index (χ2v) is 16.1. The summed E-state index contributed by atoms with van der Waals surface area (Å²) in [5.74, 6) is 1.65. The van der Waals surface area contributed by atoms with Crippen LogP contribution in [0.25, 0.3) is 127 Å². The van der Waals surface area contributed by atoms with Gasteiger partial charge in [0.1, 0.15) is 11.2 Å². The highest BCUT2D eigenvalue weighted by molar-refractivity contribution is 6.13. The molecule has 12 rings (SSSR count). The Labute approximate surface area is 379 Å². The lowest BCUT2D eigenvalue weighted by molar-refractivity contribution is 0.669. The minimum atomic E-state index is 0.523. The normalized spacial score (nSPS) is 11.3. The van der Waals surface area contributed by atoms with Crippen LogP contribution in [0.1, 0.15) is 0 Å². The summed E-state index contributed by atoms with van der Waals surface area (Å²) in [5, 5.41) is 4.11. The highest BCUT2D eigenvalue weighted by atomic mass is 16.3. The lowest BCUT2D eigenvalue weighted by atomic mass is 9.99. The molecule has 0 unspecified atom stereocenters. The van der Waals surface area contributed by atoms with Crippen molar-refractivity contribution in [2.24, 2.45) is 0 Å². The van der Waals surface area contributed by atoms with E-state index in [1.54, 1.807) is 0 Å².